The van der Waals surface area contributed by atoms with E-state index in [0.717, 1.165) is 17.9 Å². The van der Waals surface area contributed by atoms with E-state index in [1.54, 1.807) is 13.0 Å². The van der Waals surface area contributed by atoms with Gasteiger partial charge in [-0.05, 0) is 42.2 Å². The number of aryl methyl sites for hydroxylation is 1. The fraction of sp³-hybridized carbons (Fsp3) is 0.286. The van der Waals surface area contributed by atoms with Crippen LogP contribution in [0.1, 0.15) is 33.5 Å². The maximum Gasteiger partial charge on any atom is 0.335 e. The standard InChI is InChI=1S/C21H20N2O4/c1-13-6-7-15(21(26)27)10-17(13)23-19(24)11-18(20(23)25)22-9-8-14-4-2-3-5-16(14)12-22/h2-7,10,18H,8-9,11-12H2,1H3,(H,26,27). The summed E-state index contributed by atoms with van der Waals surface area (Å²) in [4.78, 5) is 40.2. The van der Waals surface area contributed by atoms with Crippen molar-refractivity contribution < 1.29 is 19.5 Å². The lowest BCUT2D eigenvalue weighted by atomic mass is 9.98. The van der Waals surface area contributed by atoms with Gasteiger partial charge in [-0.15, -0.1) is 0 Å². The van der Waals surface area contributed by atoms with Crippen LogP contribution >= 0.6 is 0 Å². The number of amides is 2. The molecule has 0 bridgehead atoms. The summed E-state index contributed by atoms with van der Waals surface area (Å²) >= 11 is 0. The average Bonchev–Trinajstić information content (AvgIpc) is 2.96. The number of carboxylic acids is 1. The molecule has 4 rings (SSSR count). The Morgan fingerprint density at radius 3 is 2.59 bits per heavy atom. The van der Waals surface area contributed by atoms with Gasteiger partial charge in [-0.2, -0.15) is 0 Å². The van der Waals surface area contributed by atoms with Gasteiger partial charge < -0.3 is 5.11 Å². The van der Waals surface area contributed by atoms with Crippen LogP contribution in [0.15, 0.2) is 42.5 Å². The largest absolute Gasteiger partial charge is 0.478 e. The SMILES string of the molecule is Cc1ccc(C(=O)O)cc1N1C(=O)CC(N2CCc3ccccc3C2)C1=O. The van der Waals surface area contributed by atoms with Gasteiger partial charge in [0.05, 0.1) is 23.7 Å². The summed E-state index contributed by atoms with van der Waals surface area (Å²) in [6.45, 7) is 3.14. The molecule has 1 N–H and O–H groups in total. The molecule has 2 aromatic carbocycles. The van der Waals surface area contributed by atoms with Gasteiger partial charge in [0, 0.05) is 13.1 Å². The van der Waals surface area contributed by atoms with Crippen LogP contribution in [-0.2, 0) is 22.6 Å². The Labute approximate surface area is 157 Å². The molecule has 0 spiro atoms. The molecule has 0 radical (unpaired) electrons. The number of imide groups is 1. The smallest absolute Gasteiger partial charge is 0.335 e. The molecular formula is C21H20N2O4. The molecule has 27 heavy (non-hydrogen) atoms. The predicted molar refractivity (Wildman–Crippen MR) is 99.6 cm³/mol. The summed E-state index contributed by atoms with van der Waals surface area (Å²) in [7, 11) is 0. The predicted octanol–water partition coefficient (Wildman–Crippen LogP) is 2.38. The number of fused-ring (bicyclic) bond motifs is 1. The van der Waals surface area contributed by atoms with Gasteiger partial charge in [-0.25, -0.2) is 9.69 Å². The lowest BCUT2D eigenvalue weighted by molar-refractivity contribution is -0.123. The molecule has 138 valence electrons. The first kappa shape index (κ1) is 17.4. The zero-order valence-electron chi connectivity index (χ0n) is 15.0. The first-order valence-electron chi connectivity index (χ1n) is 8.97. The number of hydrogen-bond donors (Lipinski definition) is 1. The molecule has 6 heteroatoms. The zero-order valence-corrected chi connectivity index (χ0v) is 15.0. The number of hydrogen-bond acceptors (Lipinski definition) is 4. The molecule has 6 nitrogen and oxygen atoms in total. The molecule has 2 aliphatic rings. The third kappa shape index (κ3) is 3.02. The van der Waals surface area contributed by atoms with E-state index in [4.69, 9.17) is 0 Å². The number of nitrogens with zero attached hydrogens (tertiary/aromatic N) is 2. The van der Waals surface area contributed by atoms with Crippen molar-refractivity contribution in [2.75, 3.05) is 11.4 Å². The van der Waals surface area contributed by atoms with Crippen LogP contribution in [0.3, 0.4) is 0 Å². The topological polar surface area (TPSA) is 77.9 Å². The van der Waals surface area contributed by atoms with Crippen molar-refractivity contribution in [1.82, 2.24) is 4.90 Å². The second-order valence-electron chi connectivity index (χ2n) is 7.08. The minimum Gasteiger partial charge on any atom is -0.478 e. The molecule has 0 aliphatic carbocycles. The number of carbonyl (C=O) groups excluding carboxylic acids is 2. The molecule has 2 aromatic rings. The van der Waals surface area contributed by atoms with Crippen LogP contribution in [-0.4, -0.2) is 40.4 Å². The fourth-order valence-electron chi connectivity index (χ4n) is 3.92. The fourth-order valence-corrected chi connectivity index (χ4v) is 3.92. The van der Waals surface area contributed by atoms with Crippen molar-refractivity contribution in [3.63, 3.8) is 0 Å². The van der Waals surface area contributed by atoms with Gasteiger partial charge in [0.25, 0.3) is 5.91 Å². The number of carbonyl (C=O) groups is 3. The lowest BCUT2D eigenvalue weighted by Gasteiger charge is -2.32. The molecule has 0 saturated carbocycles. The van der Waals surface area contributed by atoms with Crippen molar-refractivity contribution in [3.8, 4) is 0 Å². The Kier molecular flexibility index (Phi) is 4.28. The van der Waals surface area contributed by atoms with Crippen molar-refractivity contribution >= 4 is 23.5 Å². The number of aromatic carboxylic acids is 1. The van der Waals surface area contributed by atoms with Gasteiger partial charge in [-0.3, -0.25) is 14.5 Å². The lowest BCUT2D eigenvalue weighted by Crippen LogP contribution is -2.44. The Bertz CT molecular complexity index is 953. The third-order valence-corrected chi connectivity index (χ3v) is 5.42. The van der Waals surface area contributed by atoms with Crippen molar-refractivity contribution in [2.45, 2.75) is 32.4 Å². The van der Waals surface area contributed by atoms with E-state index in [2.05, 4.69) is 17.0 Å². The molecule has 1 fully saturated rings. The van der Waals surface area contributed by atoms with Gasteiger partial charge in [0.1, 0.15) is 0 Å². The molecule has 0 aromatic heterocycles. The quantitative estimate of drug-likeness (QED) is 0.846. The summed E-state index contributed by atoms with van der Waals surface area (Å²) in [5, 5.41) is 9.23. The van der Waals surface area contributed by atoms with Gasteiger partial charge in [0.2, 0.25) is 5.91 Å². The third-order valence-electron chi connectivity index (χ3n) is 5.42. The second-order valence-corrected chi connectivity index (χ2v) is 7.08. The second kappa shape index (κ2) is 6.63. The van der Waals surface area contributed by atoms with Crippen LogP contribution in [0, 0.1) is 6.92 Å². The molecule has 2 amide bonds. The van der Waals surface area contributed by atoms with Gasteiger partial charge >= 0.3 is 5.97 Å². The van der Waals surface area contributed by atoms with Crippen LogP contribution in [0.5, 0.6) is 0 Å². The van der Waals surface area contributed by atoms with E-state index in [9.17, 15) is 19.5 Å². The van der Waals surface area contributed by atoms with Crippen LogP contribution in [0.4, 0.5) is 5.69 Å². The number of anilines is 1. The number of carboxylic acid groups (broad SMARTS) is 1. The number of rotatable bonds is 3. The molecular weight excluding hydrogens is 344 g/mol. The van der Waals surface area contributed by atoms with Gasteiger partial charge in [-0.1, -0.05) is 30.3 Å². The summed E-state index contributed by atoms with van der Waals surface area (Å²) in [5.74, 6) is -1.64. The minimum absolute atomic E-state index is 0.0616. The Hall–Kier alpha value is -2.99. The van der Waals surface area contributed by atoms with Crippen LogP contribution in [0.25, 0.3) is 0 Å². The maximum atomic E-state index is 13.1. The maximum absolute atomic E-state index is 13.1. The monoisotopic (exact) mass is 364 g/mol. The van der Waals surface area contributed by atoms with E-state index in [-0.39, 0.29) is 23.8 Å². The van der Waals surface area contributed by atoms with E-state index in [0.29, 0.717) is 17.8 Å². The van der Waals surface area contributed by atoms with Crippen LogP contribution < -0.4 is 4.90 Å². The summed E-state index contributed by atoms with van der Waals surface area (Å²) in [6, 6.07) is 12.2. The van der Waals surface area contributed by atoms with Gasteiger partial charge in [0.15, 0.2) is 0 Å². The average molecular weight is 364 g/mol. The summed E-state index contributed by atoms with van der Waals surface area (Å²) in [6.07, 6.45) is 0.972. The summed E-state index contributed by atoms with van der Waals surface area (Å²) in [5.41, 5.74) is 3.60. The Morgan fingerprint density at radius 1 is 1.11 bits per heavy atom. The first-order valence-corrected chi connectivity index (χ1v) is 8.97. The normalized spacial score (nSPS) is 20.0. The number of benzene rings is 2. The van der Waals surface area contributed by atoms with E-state index in [1.807, 2.05) is 12.1 Å². The zero-order chi connectivity index (χ0) is 19.1. The van der Waals surface area contributed by atoms with Crippen molar-refractivity contribution in [3.05, 3.63) is 64.7 Å². The Balaban J connectivity index is 1.62. The molecule has 2 aliphatic heterocycles. The highest BCUT2D eigenvalue weighted by atomic mass is 16.4. The summed E-state index contributed by atoms with van der Waals surface area (Å²) < 4.78 is 0. The molecule has 1 atom stereocenters. The molecule has 1 saturated heterocycles. The Morgan fingerprint density at radius 2 is 1.85 bits per heavy atom. The highest BCUT2D eigenvalue weighted by Crippen LogP contribution is 2.31. The van der Waals surface area contributed by atoms with Crippen molar-refractivity contribution in [1.29, 1.82) is 0 Å². The van der Waals surface area contributed by atoms with E-state index in [1.165, 1.54) is 23.3 Å². The van der Waals surface area contributed by atoms with Crippen LogP contribution in [0.2, 0.25) is 0 Å². The van der Waals surface area contributed by atoms with E-state index < -0.39 is 12.0 Å². The highest BCUT2D eigenvalue weighted by Gasteiger charge is 2.43. The van der Waals surface area contributed by atoms with Crippen molar-refractivity contribution in [2.24, 2.45) is 0 Å². The highest BCUT2D eigenvalue weighted by molar-refractivity contribution is 6.23. The minimum atomic E-state index is -1.08. The first-order chi connectivity index (χ1) is 13.0. The molecule has 1 unspecified atom stereocenters. The molecule has 2 heterocycles. The van der Waals surface area contributed by atoms with E-state index >= 15 is 0 Å².